The van der Waals surface area contributed by atoms with Crippen molar-refractivity contribution >= 4 is 45.2 Å². The number of nitrogens with zero attached hydrogens (tertiary/aromatic N) is 1. The Hall–Kier alpha value is -4.34. The highest BCUT2D eigenvalue weighted by atomic mass is 35.5. The third-order valence-electron chi connectivity index (χ3n) is 10.2. The summed E-state index contributed by atoms with van der Waals surface area (Å²) in [6, 6.07) is 16.5. The standard InChI is InChI=1S/C40H39Cl2F2N3O8S/c41-31-20-45-21-32(42)30(31)19-34(27-11-12-33(55-40(43)44)35(18-27)52-23-24-9-10-24)53-38(48)28-7-4-8-29(17-28)56(50,51)46-37(26-5-2-1-3-6-26)39(49)54-36-22-47-15-13-25(36)14-16-47/h1-8,11-12,17-18,20-21,24-25,34,36-37,40,46H,9-10,13-16,19,22-23H2/p+1/t34-,36+,37?/m0/s1. The van der Waals surface area contributed by atoms with Crippen LogP contribution in [0.2, 0.25) is 10.0 Å². The number of rotatable bonds is 16. The topological polar surface area (TPSA) is 135 Å². The monoisotopic (exact) mass is 830 g/mol. The van der Waals surface area contributed by atoms with Gasteiger partial charge in [0.15, 0.2) is 23.9 Å². The first-order valence-corrected chi connectivity index (χ1v) is 20.5. The van der Waals surface area contributed by atoms with E-state index in [9.17, 15) is 26.8 Å². The Labute approximate surface area is 333 Å². The van der Waals surface area contributed by atoms with E-state index in [4.69, 9.17) is 42.1 Å². The quantitative estimate of drug-likeness (QED) is 0.119. The smallest absolute Gasteiger partial charge is 0.387 e. The number of esters is 2. The van der Waals surface area contributed by atoms with E-state index in [0.29, 0.717) is 29.2 Å². The lowest BCUT2D eigenvalue weighted by Crippen LogP contribution is -2.52. The lowest BCUT2D eigenvalue weighted by Gasteiger charge is -2.44. The molecule has 1 unspecified atom stereocenters. The van der Waals surface area contributed by atoms with E-state index in [2.05, 4.69) is 14.6 Å². The van der Waals surface area contributed by atoms with Crippen LogP contribution in [0.3, 0.4) is 0 Å². The van der Waals surface area contributed by atoms with Crippen LogP contribution in [0, 0.1) is 11.8 Å². The van der Waals surface area contributed by atoms with E-state index in [1.165, 1.54) is 48.8 Å². The fourth-order valence-electron chi connectivity index (χ4n) is 6.98. The van der Waals surface area contributed by atoms with Crippen molar-refractivity contribution in [3.63, 3.8) is 0 Å². The van der Waals surface area contributed by atoms with Gasteiger partial charge in [-0.25, -0.2) is 23.0 Å². The van der Waals surface area contributed by atoms with Crippen molar-refractivity contribution < 1.29 is 50.7 Å². The predicted octanol–water partition coefficient (Wildman–Crippen LogP) is 7.00. The van der Waals surface area contributed by atoms with Crippen molar-refractivity contribution in [2.24, 2.45) is 11.8 Å². The van der Waals surface area contributed by atoms with Gasteiger partial charge in [0.25, 0.3) is 0 Å². The fourth-order valence-corrected chi connectivity index (χ4v) is 8.73. The molecule has 4 aliphatic rings. The number of pyridine rings is 1. The number of nitrogens with one attached hydrogen (secondary N) is 2. The third-order valence-corrected chi connectivity index (χ3v) is 12.3. The molecule has 2 N–H and O–H groups in total. The van der Waals surface area contributed by atoms with Crippen molar-refractivity contribution in [1.29, 1.82) is 0 Å². The number of benzene rings is 3. The molecule has 4 fully saturated rings. The molecule has 296 valence electrons. The van der Waals surface area contributed by atoms with E-state index in [1.54, 1.807) is 30.3 Å². The second-order valence-electron chi connectivity index (χ2n) is 14.2. The molecular formula is C40H40Cl2F2N3O8S+. The third kappa shape index (κ3) is 9.78. The number of alkyl halides is 2. The molecule has 3 saturated heterocycles. The summed E-state index contributed by atoms with van der Waals surface area (Å²) in [5.74, 6) is -1.28. The number of carbonyl (C=O) groups is 2. The highest BCUT2D eigenvalue weighted by molar-refractivity contribution is 7.89. The SMILES string of the molecule is O=C(O[C@@H](Cc1c(Cl)c[nH+]cc1Cl)c1ccc(OC(F)F)c(OCC2CC2)c1)c1cccc(S(=O)(=O)NC(C(=O)O[C@@H]2CN3CCC2CC3)c2ccccc2)c1. The van der Waals surface area contributed by atoms with Gasteiger partial charge in [0.2, 0.25) is 10.0 Å². The van der Waals surface area contributed by atoms with Gasteiger partial charge in [-0.05, 0) is 92.1 Å². The molecule has 3 aromatic carbocycles. The van der Waals surface area contributed by atoms with Crippen molar-refractivity contribution in [3.05, 3.63) is 117 Å². The number of ether oxygens (including phenoxy) is 4. The van der Waals surface area contributed by atoms with Crippen molar-refractivity contribution in [3.8, 4) is 11.5 Å². The van der Waals surface area contributed by atoms with Gasteiger partial charge >= 0.3 is 18.6 Å². The van der Waals surface area contributed by atoms with Gasteiger partial charge < -0.3 is 18.9 Å². The molecule has 1 saturated carbocycles. The molecule has 0 spiro atoms. The minimum atomic E-state index is -4.43. The number of halogens is 4. The number of aromatic nitrogens is 1. The van der Waals surface area contributed by atoms with E-state index in [1.807, 2.05) is 0 Å². The van der Waals surface area contributed by atoms with Gasteiger partial charge in [-0.15, -0.1) is 0 Å². The maximum atomic E-state index is 13.9. The molecule has 3 aliphatic heterocycles. The molecule has 1 aliphatic carbocycles. The fraction of sp³-hybridized carbons (Fsp3) is 0.375. The minimum Gasteiger partial charge on any atom is -0.489 e. The van der Waals surface area contributed by atoms with Crippen LogP contribution in [0.1, 0.15) is 64.9 Å². The summed E-state index contributed by atoms with van der Waals surface area (Å²) >= 11 is 13.0. The molecule has 0 radical (unpaired) electrons. The van der Waals surface area contributed by atoms with Crippen LogP contribution in [0.15, 0.2) is 90.1 Å². The Kier molecular flexibility index (Phi) is 12.4. The zero-order chi connectivity index (χ0) is 39.4. The number of H-pyrrole nitrogens is 1. The first kappa shape index (κ1) is 39.9. The summed E-state index contributed by atoms with van der Waals surface area (Å²) in [5, 5.41) is 0.501. The molecule has 56 heavy (non-hydrogen) atoms. The van der Waals surface area contributed by atoms with E-state index in [0.717, 1.165) is 44.8 Å². The Balaban J connectivity index is 1.14. The minimum absolute atomic E-state index is 0.0356. The largest absolute Gasteiger partial charge is 0.489 e. The number of fused-ring (bicyclic) bond motifs is 3. The summed E-state index contributed by atoms with van der Waals surface area (Å²) in [6.45, 7) is -0.333. The number of aromatic amines is 1. The number of hydrogen-bond donors (Lipinski definition) is 1. The number of piperidine rings is 3. The van der Waals surface area contributed by atoms with E-state index >= 15 is 0 Å². The van der Waals surface area contributed by atoms with E-state index < -0.39 is 40.7 Å². The van der Waals surface area contributed by atoms with Gasteiger partial charge in [0.05, 0.1) is 17.1 Å². The normalized spacial score (nSPS) is 20.3. The lowest BCUT2D eigenvalue weighted by atomic mass is 9.86. The summed E-state index contributed by atoms with van der Waals surface area (Å²) in [5.41, 5.74) is 1.05. The van der Waals surface area contributed by atoms with Crippen molar-refractivity contribution in [2.45, 2.75) is 61.9 Å². The average Bonchev–Trinajstić information content (AvgIpc) is 4.03. The van der Waals surface area contributed by atoms with Crippen LogP contribution in [-0.4, -0.2) is 64.2 Å². The zero-order valence-corrected chi connectivity index (χ0v) is 32.4. The molecule has 0 amide bonds. The van der Waals surface area contributed by atoms with Crippen LogP contribution in [0.4, 0.5) is 8.78 Å². The first-order chi connectivity index (χ1) is 26.9. The van der Waals surface area contributed by atoms with Crippen LogP contribution >= 0.6 is 23.2 Å². The number of hydrogen-bond acceptors (Lipinski definition) is 9. The van der Waals surface area contributed by atoms with Crippen LogP contribution in [0.25, 0.3) is 0 Å². The van der Waals surface area contributed by atoms with E-state index in [-0.39, 0.29) is 57.1 Å². The molecule has 2 bridgehead atoms. The molecule has 11 nitrogen and oxygen atoms in total. The molecule has 3 atom stereocenters. The molecule has 4 aromatic rings. The van der Waals surface area contributed by atoms with Gasteiger partial charge in [-0.2, -0.15) is 13.5 Å². The average molecular weight is 832 g/mol. The molecule has 8 rings (SSSR count). The number of carbonyl (C=O) groups excluding carboxylic acids is 2. The Morgan fingerprint density at radius 1 is 0.893 bits per heavy atom. The Morgan fingerprint density at radius 2 is 1.62 bits per heavy atom. The van der Waals surface area contributed by atoms with Crippen molar-refractivity contribution in [1.82, 2.24) is 9.62 Å². The second-order valence-corrected chi connectivity index (χ2v) is 16.7. The maximum Gasteiger partial charge on any atom is 0.387 e. The number of sulfonamides is 1. The highest BCUT2D eigenvalue weighted by Crippen LogP contribution is 2.38. The summed E-state index contributed by atoms with van der Waals surface area (Å²) < 4.78 is 79.5. The molecule has 4 heterocycles. The Bertz CT molecular complexity index is 2130. The predicted molar refractivity (Wildman–Crippen MR) is 201 cm³/mol. The summed E-state index contributed by atoms with van der Waals surface area (Å²) in [6.07, 6.45) is 5.22. The molecule has 16 heteroatoms. The second kappa shape index (κ2) is 17.4. The lowest BCUT2D eigenvalue weighted by molar-refractivity contribution is -0.377. The van der Waals surface area contributed by atoms with Gasteiger partial charge in [-0.3, -0.25) is 4.90 Å². The van der Waals surface area contributed by atoms with Crippen LogP contribution < -0.4 is 19.2 Å². The molecule has 1 aromatic heterocycles. The van der Waals surface area contributed by atoms with Crippen LogP contribution in [0.5, 0.6) is 11.5 Å². The maximum absolute atomic E-state index is 13.9. The van der Waals surface area contributed by atoms with Gasteiger partial charge in [0, 0.05) is 18.5 Å². The Morgan fingerprint density at radius 3 is 2.29 bits per heavy atom. The van der Waals surface area contributed by atoms with Crippen LogP contribution in [-0.2, 0) is 30.7 Å². The van der Waals surface area contributed by atoms with Gasteiger partial charge in [-0.1, -0.05) is 65.7 Å². The summed E-state index contributed by atoms with van der Waals surface area (Å²) in [4.78, 5) is 32.3. The highest BCUT2D eigenvalue weighted by Gasteiger charge is 2.39. The summed E-state index contributed by atoms with van der Waals surface area (Å²) in [7, 11) is -4.43. The zero-order valence-electron chi connectivity index (χ0n) is 30.0. The molecular weight excluding hydrogens is 791 g/mol. The first-order valence-electron chi connectivity index (χ1n) is 18.3. The van der Waals surface area contributed by atoms with Crippen molar-refractivity contribution in [2.75, 3.05) is 26.2 Å². The van der Waals surface area contributed by atoms with Gasteiger partial charge in [0.1, 0.15) is 28.3 Å².